The van der Waals surface area contributed by atoms with Crippen molar-refractivity contribution >= 4 is 18.3 Å². The lowest BCUT2D eigenvalue weighted by Gasteiger charge is -2.33. The summed E-state index contributed by atoms with van der Waals surface area (Å²) in [5.74, 6) is 2.53. The molecule has 3 aliphatic rings. The molecular weight excluding hydrogens is 296 g/mol. The molecule has 1 unspecified atom stereocenters. The lowest BCUT2D eigenvalue weighted by molar-refractivity contribution is -0.135. The van der Waals surface area contributed by atoms with Crippen molar-refractivity contribution in [1.82, 2.24) is 10.2 Å². The molecular formula is C18H33ClN2O. The average molecular weight is 329 g/mol. The molecule has 4 heteroatoms. The monoisotopic (exact) mass is 328 g/mol. The predicted octanol–water partition coefficient (Wildman–Crippen LogP) is 3.47. The maximum Gasteiger partial charge on any atom is 0.226 e. The zero-order chi connectivity index (χ0) is 14.9. The Balaban J connectivity index is 0.00000176. The number of nitrogens with one attached hydrogen (secondary N) is 1. The largest absolute Gasteiger partial charge is 0.342 e. The van der Waals surface area contributed by atoms with E-state index in [1.807, 2.05) is 0 Å². The van der Waals surface area contributed by atoms with E-state index in [4.69, 9.17) is 0 Å². The van der Waals surface area contributed by atoms with Crippen LogP contribution in [0.1, 0.15) is 58.8 Å². The number of likely N-dealkylation sites (tertiary alicyclic amines) is 1. The second kappa shape index (κ2) is 7.53. The predicted molar refractivity (Wildman–Crippen MR) is 93.3 cm³/mol. The number of hydrogen-bond donors (Lipinski definition) is 1. The molecule has 3 nitrogen and oxygen atoms in total. The van der Waals surface area contributed by atoms with Crippen LogP contribution in [0.4, 0.5) is 0 Å². The van der Waals surface area contributed by atoms with E-state index in [1.54, 1.807) is 0 Å². The van der Waals surface area contributed by atoms with E-state index in [-0.39, 0.29) is 12.4 Å². The van der Waals surface area contributed by atoms with Crippen LogP contribution in [0.15, 0.2) is 0 Å². The minimum absolute atomic E-state index is 0. The Kier molecular flexibility index (Phi) is 6.18. The number of carbonyl (C=O) groups excluding carboxylic acids is 1. The van der Waals surface area contributed by atoms with Crippen molar-refractivity contribution in [3.63, 3.8) is 0 Å². The summed E-state index contributed by atoms with van der Waals surface area (Å²) in [7, 11) is 0. The fourth-order valence-corrected chi connectivity index (χ4v) is 4.41. The summed E-state index contributed by atoms with van der Waals surface area (Å²) in [6, 6.07) is 0. The van der Waals surface area contributed by atoms with Crippen LogP contribution in [0.2, 0.25) is 0 Å². The quantitative estimate of drug-likeness (QED) is 0.857. The highest BCUT2D eigenvalue weighted by molar-refractivity contribution is 5.85. The van der Waals surface area contributed by atoms with Crippen LogP contribution in [0.25, 0.3) is 0 Å². The second-order valence-corrected chi connectivity index (χ2v) is 8.11. The van der Waals surface area contributed by atoms with Crippen molar-refractivity contribution in [1.29, 1.82) is 0 Å². The van der Waals surface area contributed by atoms with E-state index >= 15 is 0 Å². The lowest BCUT2D eigenvalue weighted by Crippen LogP contribution is -2.41. The van der Waals surface area contributed by atoms with Gasteiger partial charge in [-0.25, -0.2) is 0 Å². The molecule has 1 aliphatic carbocycles. The number of piperidine rings is 2. The topological polar surface area (TPSA) is 32.3 Å². The van der Waals surface area contributed by atoms with E-state index < -0.39 is 0 Å². The van der Waals surface area contributed by atoms with E-state index in [0.717, 1.165) is 38.0 Å². The highest BCUT2D eigenvalue weighted by Gasteiger charge is 2.58. The molecule has 2 saturated heterocycles. The summed E-state index contributed by atoms with van der Waals surface area (Å²) in [4.78, 5) is 14.9. The highest BCUT2D eigenvalue weighted by Crippen LogP contribution is 2.59. The molecule has 1 saturated carbocycles. The molecule has 0 aromatic carbocycles. The van der Waals surface area contributed by atoms with Crippen molar-refractivity contribution in [2.24, 2.45) is 23.2 Å². The third-order valence-corrected chi connectivity index (χ3v) is 6.17. The van der Waals surface area contributed by atoms with E-state index in [1.165, 1.54) is 44.9 Å². The number of carbonyl (C=O) groups is 1. The minimum atomic E-state index is 0. The summed E-state index contributed by atoms with van der Waals surface area (Å²) in [5, 5.41) is 3.42. The zero-order valence-corrected chi connectivity index (χ0v) is 15.1. The van der Waals surface area contributed by atoms with Crippen LogP contribution in [-0.4, -0.2) is 37.0 Å². The van der Waals surface area contributed by atoms with Crippen LogP contribution < -0.4 is 5.32 Å². The molecule has 1 N–H and O–H groups in total. The Bertz CT molecular complexity index is 371. The molecule has 2 heterocycles. The van der Waals surface area contributed by atoms with Gasteiger partial charge in [0.2, 0.25) is 5.91 Å². The maximum absolute atomic E-state index is 12.7. The van der Waals surface area contributed by atoms with Crippen molar-refractivity contribution in [3.05, 3.63) is 0 Å². The molecule has 1 spiro atoms. The first-order valence-electron chi connectivity index (χ1n) is 9.10. The normalized spacial score (nSPS) is 27.8. The lowest BCUT2D eigenvalue weighted by atomic mass is 9.88. The van der Waals surface area contributed by atoms with Gasteiger partial charge in [0.05, 0.1) is 0 Å². The van der Waals surface area contributed by atoms with Gasteiger partial charge in [0.15, 0.2) is 0 Å². The molecule has 3 fully saturated rings. The van der Waals surface area contributed by atoms with Gasteiger partial charge >= 0.3 is 0 Å². The van der Waals surface area contributed by atoms with Gasteiger partial charge in [0.25, 0.3) is 0 Å². The standard InChI is InChI=1S/C18H32N2O.ClH/c1-14(2)3-4-15-5-11-20(12-6-15)17(21)16-13-18(16)7-9-19-10-8-18;/h14-16,19H,3-13H2,1-2H3;1H. The molecule has 0 aromatic heterocycles. The first-order valence-corrected chi connectivity index (χ1v) is 9.10. The second-order valence-electron chi connectivity index (χ2n) is 8.11. The number of amides is 1. The molecule has 3 rings (SSSR count). The number of halogens is 1. The van der Waals surface area contributed by atoms with Crippen molar-refractivity contribution in [2.45, 2.75) is 58.8 Å². The summed E-state index contributed by atoms with van der Waals surface area (Å²) in [6.45, 7) is 8.88. The summed E-state index contributed by atoms with van der Waals surface area (Å²) in [6.07, 6.45) is 8.78. The van der Waals surface area contributed by atoms with Crippen molar-refractivity contribution < 1.29 is 4.79 Å². The van der Waals surface area contributed by atoms with E-state index in [0.29, 0.717) is 17.2 Å². The Hall–Kier alpha value is -0.280. The molecule has 2 aliphatic heterocycles. The van der Waals surface area contributed by atoms with Gasteiger partial charge in [0, 0.05) is 19.0 Å². The fourth-order valence-electron chi connectivity index (χ4n) is 4.41. The van der Waals surface area contributed by atoms with Gasteiger partial charge in [0.1, 0.15) is 0 Å². The molecule has 128 valence electrons. The van der Waals surface area contributed by atoms with Gasteiger partial charge in [-0.05, 0) is 62.4 Å². The van der Waals surface area contributed by atoms with Crippen molar-refractivity contribution in [3.8, 4) is 0 Å². The van der Waals surface area contributed by atoms with Crippen LogP contribution >= 0.6 is 12.4 Å². The number of hydrogen-bond acceptors (Lipinski definition) is 2. The van der Waals surface area contributed by atoms with Gasteiger partial charge in [-0.2, -0.15) is 0 Å². The smallest absolute Gasteiger partial charge is 0.226 e. The van der Waals surface area contributed by atoms with Crippen molar-refractivity contribution in [2.75, 3.05) is 26.2 Å². The van der Waals surface area contributed by atoms with Gasteiger partial charge in [-0.3, -0.25) is 4.79 Å². The number of nitrogens with zero attached hydrogens (tertiary/aromatic N) is 1. The average Bonchev–Trinajstić information content (AvgIpc) is 3.19. The maximum atomic E-state index is 12.7. The van der Waals surface area contributed by atoms with Crippen LogP contribution in [0.3, 0.4) is 0 Å². The van der Waals surface area contributed by atoms with Gasteiger partial charge in [-0.1, -0.05) is 26.7 Å². The van der Waals surface area contributed by atoms with Crippen LogP contribution in [-0.2, 0) is 4.79 Å². The summed E-state index contributed by atoms with van der Waals surface area (Å²) >= 11 is 0. The Morgan fingerprint density at radius 2 is 1.86 bits per heavy atom. The number of rotatable bonds is 4. The fraction of sp³-hybridized carbons (Fsp3) is 0.944. The molecule has 1 atom stereocenters. The molecule has 22 heavy (non-hydrogen) atoms. The summed E-state index contributed by atoms with van der Waals surface area (Å²) < 4.78 is 0. The third kappa shape index (κ3) is 3.97. The highest BCUT2D eigenvalue weighted by atomic mass is 35.5. The molecule has 0 aromatic rings. The Labute approximate surface area is 142 Å². The molecule has 1 amide bonds. The summed E-state index contributed by atoms with van der Waals surface area (Å²) in [5.41, 5.74) is 0.400. The van der Waals surface area contributed by atoms with Gasteiger partial charge in [-0.15, -0.1) is 12.4 Å². The third-order valence-electron chi connectivity index (χ3n) is 6.17. The first kappa shape index (κ1) is 18.1. The molecule has 0 bridgehead atoms. The van der Waals surface area contributed by atoms with E-state index in [9.17, 15) is 4.79 Å². The minimum Gasteiger partial charge on any atom is -0.342 e. The van der Waals surface area contributed by atoms with E-state index in [2.05, 4.69) is 24.1 Å². The Morgan fingerprint density at radius 1 is 1.23 bits per heavy atom. The molecule has 0 radical (unpaired) electrons. The van der Waals surface area contributed by atoms with Crippen LogP contribution in [0, 0.1) is 23.2 Å². The SMILES string of the molecule is CC(C)CCC1CCN(C(=O)C2CC23CCNCC3)CC1.Cl. The Morgan fingerprint density at radius 3 is 2.45 bits per heavy atom. The first-order chi connectivity index (χ1) is 10.1. The van der Waals surface area contributed by atoms with Crippen LogP contribution in [0.5, 0.6) is 0 Å². The zero-order valence-electron chi connectivity index (χ0n) is 14.3. The van der Waals surface area contributed by atoms with Gasteiger partial charge < -0.3 is 10.2 Å².